The van der Waals surface area contributed by atoms with Crippen LogP contribution in [-0.2, 0) is 28.6 Å². The van der Waals surface area contributed by atoms with E-state index >= 15 is 0 Å². The molecule has 2 unspecified atom stereocenters. The Hall–Kier alpha value is -1.93. The fourth-order valence-electron chi connectivity index (χ4n) is 6.51. The first-order valence-electron chi connectivity index (χ1n) is 21.7. The van der Waals surface area contributed by atoms with Crippen molar-refractivity contribution in [1.29, 1.82) is 0 Å². The van der Waals surface area contributed by atoms with E-state index in [9.17, 15) is 19.5 Å². The van der Waals surface area contributed by atoms with Gasteiger partial charge in [-0.05, 0) is 32.1 Å². The van der Waals surface area contributed by atoms with Crippen LogP contribution in [0.4, 0.5) is 0 Å². The number of allylic oxidation sites excluding steroid dienone is 2. The normalized spacial score (nSPS) is 13.0. The monoisotopic (exact) mass is 739 g/mol. The number of carboxylic acid groups (broad SMARTS) is 1. The first kappa shape index (κ1) is 50.1. The van der Waals surface area contributed by atoms with E-state index in [1.165, 1.54) is 109 Å². The van der Waals surface area contributed by atoms with Crippen molar-refractivity contribution in [2.75, 3.05) is 41.0 Å². The zero-order chi connectivity index (χ0) is 38.5. The van der Waals surface area contributed by atoms with Crippen molar-refractivity contribution in [2.45, 2.75) is 212 Å². The van der Waals surface area contributed by atoms with Crippen LogP contribution in [0.3, 0.4) is 0 Å². The topological polar surface area (TPSA) is 99.1 Å². The predicted octanol–water partition coefficient (Wildman–Crippen LogP) is 11.5. The molecule has 0 aliphatic heterocycles. The molecule has 8 nitrogen and oxygen atoms in total. The van der Waals surface area contributed by atoms with E-state index in [1.807, 2.05) is 21.1 Å². The van der Waals surface area contributed by atoms with Crippen LogP contribution in [0, 0.1) is 0 Å². The summed E-state index contributed by atoms with van der Waals surface area (Å²) in [5, 5.41) is 9.59. The van der Waals surface area contributed by atoms with Crippen LogP contribution in [0.5, 0.6) is 0 Å². The molecular weight excluding hydrogens is 654 g/mol. The van der Waals surface area contributed by atoms with Gasteiger partial charge in [0, 0.05) is 19.3 Å². The molecule has 0 aromatic heterocycles. The van der Waals surface area contributed by atoms with Crippen LogP contribution in [0.2, 0.25) is 0 Å². The number of hydrogen-bond acceptors (Lipinski definition) is 6. The minimum Gasteiger partial charge on any atom is -0.477 e. The maximum atomic E-state index is 12.6. The van der Waals surface area contributed by atoms with Crippen molar-refractivity contribution in [3.8, 4) is 0 Å². The molecule has 0 bridgehead atoms. The number of nitrogens with zero attached hydrogens (tertiary/aromatic N) is 1. The Kier molecular flexibility index (Phi) is 34.7. The van der Waals surface area contributed by atoms with Gasteiger partial charge in [0.15, 0.2) is 12.1 Å². The van der Waals surface area contributed by atoms with E-state index in [0.29, 0.717) is 19.3 Å². The molecule has 0 spiro atoms. The zero-order valence-corrected chi connectivity index (χ0v) is 34.8. The van der Waals surface area contributed by atoms with Crippen molar-refractivity contribution in [1.82, 2.24) is 0 Å². The molecule has 52 heavy (non-hydrogen) atoms. The summed E-state index contributed by atoms with van der Waals surface area (Å²) in [6, 6.07) is -0.611. The number of hydrogen-bond donors (Lipinski definition) is 1. The highest BCUT2D eigenvalue weighted by Gasteiger charge is 2.31. The van der Waals surface area contributed by atoms with Gasteiger partial charge in [0.05, 0.1) is 34.4 Å². The smallest absolute Gasteiger partial charge is 0.362 e. The molecule has 0 rings (SSSR count). The highest BCUT2D eigenvalue weighted by Crippen LogP contribution is 2.16. The van der Waals surface area contributed by atoms with Crippen molar-refractivity contribution < 1.29 is 38.2 Å². The molecule has 0 saturated carbocycles. The summed E-state index contributed by atoms with van der Waals surface area (Å²) < 4.78 is 17.2. The Morgan fingerprint density at radius 1 is 0.558 bits per heavy atom. The molecule has 0 heterocycles. The Labute approximate surface area is 320 Å². The molecule has 1 N–H and O–H groups in total. The Balaban J connectivity index is 4.24. The third-order valence-electron chi connectivity index (χ3n) is 9.90. The van der Waals surface area contributed by atoms with Gasteiger partial charge in [0.25, 0.3) is 0 Å². The number of ether oxygens (including phenoxy) is 3. The number of aliphatic carboxylic acids is 1. The van der Waals surface area contributed by atoms with Crippen molar-refractivity contribution in [2.24, 2.45) is 0 Å². The Morgan fingerprint density at radius 2 is 1.00 bits per heavy atom. The lowest BCUT2D eigenvalue weighted by Crippen LogP contribution is -2.50. The van der Waals surface area contributed by atoms with Gasteiger partial charge in [-0.15, -0.1) is 0 Å². The fourth-order valence-corrected chi connectivity index (χ4v) is 6.51. The van der Waals surface area contributed by atoms with Crippen LogP contribution >= 0.6 is 0 Å². The molecule has 0 saturated heterocycles. The van der Waals surface area contributed by atoms with E-state index in [0.717, 1.165) is 57.8 Å². The molecule has 0 fully saturated rings. The van der Waals surface area contributed by atoms with Crippen molar-refractivity contribution in [3.05, 3.63) is 12.2 Å². The summed E-state index contributed by atoms with van der Waals surface area (Å²) in [6.45, 7) is 4.68. The van der Waals surface area contributed by atoms with Crippen LogP contribution in [0.25, 0.3) is 0 Å². The maximum Gasteiger partial charge on any atom is 0.362 e. The number of carboxylic acids is 1. The first-order chi connectivity index (χ1) is 25.1. The lowest BCUT2D eigenvalue weighted by molar-refractivity contribution is -0.887. The number of carbonyl (C=O) groups excluding carboxylic acids is 2. The number of unbranched alkanes of at least 4 members (excludes halogenated alkanes) is 23. The lowest BCUT2D eigenvalue weighted by atomic mass is 10.0. The molecule has 2 atom stereocenters. The van der Waals surface area contributed by atoms with Crippen molar-refractivity contribution in [3.63, 3.8) is 0 Å². The molecule has 8 heteroatoms. The van der Waals surface area contributed by atoms with Gasteiger partial charge in [-0.3, -0.25) is 9.59 Å². The summed E-state index contributed by atoms with van der Waals surface area (Å²) in [5.74, 6) is -1.47. The summed E-state index contributed by atoms with van der Waals surface area (Å²) in [5.41, 5.74) is 0. The lowest BCUT2D eigenvalue weighted by Gasteiger charge is -2.31. The molecule has 0 aromatic rings. The van der Waals surface area contributed by atoms with Crippen LogP contribution < -0.4 is 0 Å². The largest absolute Gasteiger partial charge is 0.477 e. The van der Waals surface area contributed by atoms with Gasteiger partial charge in [-0.1, -0.05) is 161 Å². The van der Waals surface area contributed by atoms with E-state index in [2.05, 4.69) is 26.0 Å². The quantitative estimate of drug-likeness (QED) is 0.0290. The Bertz CT molecular complexity index is 869. The summed E-state index contributed by atoms with van der Waals surface area (Å²) in [7, 11) is 5.52. The third kappa shape index (κ3) is 33.9. The highest BCUT2D eigenvalue weighted by molar-refractivity contribution is 5.72. The second-order valence-electron chi connectivity index (χ2n) is 16.0. The van der Waals surface area contributed by atoms with E-state index < -0.39 is 18.1 Å². The standard InChI is InChI=1S/C44H83NO7/c1-6-8-10-12-14-16-18-19-20-21-22-23-24-25-27-28-30-32-34-42(46)51-39-40(38-50-37-36-41(44(48)49)45(3,4)5)52-43(47)35-33-31-29-26-17-15-13-11-9-7-2/h11,13,40-41H,6-10,12,14-39H2,1-5H3/p+1/b13-11-. The molecule has 0 aliphatic rings. The minimum atomic E-state index is -0.874. The van der Waals surface area contributed by atoms with Gasteiger partial charge in [0.2, 0.25) is 0 Å². The second-order valence-corrected chi connectivity index (χ2v) is 16.0. The Morgan fingerprint density at radius 3 is 1.46 bits per heavy atom. The number of likely N-dealkylation sites (N-methyl/N-ethyl adjacent to an activating group) is 1. The van der Waals surface area contributed by atoms with E-state index in [4.69, 9.17) is 14.2 Å². The molecule has 0 amide bonds. The molecule has 0 aromatic carbocycles. The molecule has 0 radical (unpaired) electrons. The van der Waals surface area contributed by atoms with Gasteiger partial charge in [-0.2, -0.15) is 0 Å². The first-order valence-corrected chi connectivity index (χ1v) is 21.7. The van der Waals surface area contributed by atoms with Crippen LogP contribution in [0.15, 0.2) is 12.2 Å². The maximum absolute atomic E-state index is 12.6. The molecule has 0 aliphatic carbocycles. The second kappa shape index (κ2) is 36.1. The average molecular weight is 739 g/mol. The SMILES string of the molecule is CCC/C=C\CCCCCCCC(=O)OC(COCCC(C(=O)O)[N+](C)(C)C)COC(=O)CCCCCCCCCCCCCCCCCCCC. The number of quaternary nitrogens is 1. The fraction of sp³-hybridized carbons (Fsp3) is 0.886. The van der Waals surface area contributed by atoms with Gasteiger partial charge in [-0.25, -0.2) is 4.79 Å². The molecule has 306 valence electrons. The van der Waals surface area contributed by atoms with E-state index in [1.54, 1.807) is 0 Å². The van der Waals surface area contributed by atoms with Crippen molar-refractivity contribution >= 4 is 17.9 Å². The number of rotatable bonds is 39. The summed E-state index contributed by atoms with van der Waals surface area (Å²) in [4.78, 5) is 36.8. The third-order valence-corrected chi connectivity index (χ3v) is 9.90. The van der Waals surface area contributed by atoms with Gasteiger partial charge >= 0.3 is 17.9 Å². The molecular formula is C44H84NO7+. The summed E-state index contributed by atoms with van der Waals surface area (Å²) >= 11 is 0. The van der Waals surface area contributed by atoms with Gasteiger partial charge in [0.1, 0.15) is 6.61 Å². The highest BCUT2D eigenvalue weighted by atomic mass is 16.6. The number of esters is 2. The summed E-state index contributed by atoms with van der Waals surface area (Å²) in [6.07, 6.45) is 36.9. The average Bonchev–Trinajstić information content (AvgIpc) is 3.09. The van der Waals surface area contributed by atoms with Crippen LogP contribution in [-0.4, -0.2) is 80.6 Å². The van der Waals surface area contributed by atoms with Gasteiger partial charge < -0.3 is 23.8 Å². The van der Waals surface area contributed by atoms with Crippen LogP contribution in [0.1, 0.15) is 200 Å². The zero-order valence-electron chi connectivity index (χ0n) is 34.8. The predicted molar refractivity (Wildman–Crippen MR) is 215 cm³/mol. The number of carbonyl (C=O) groups is 3. The van der Waals surface area contributed by atoms with E-state index in [-0.39, 0.29) is 36.2 Å². The minimum absolute atomic E-state index is 0.0487.